The van der Waals surface area contributed by atoms with Gasteiger partial charge < -0.3 is 4.90 Å². The molecule has 1 aliphatic carbocycles. The van der Waals surface area contributed by atoms with Crippen LogP contribution in [0.3, 0.4) is 0 Å². The van der Waals surface area contributed by atoms with Gasteiger partial charge in [-0.05, 0) is 74.5 Å². The van der Waals surface area contributed by atoms with Crippen LogP contribution >= 0.6 is 11.3 Å². The molecule has 0 amide bonds. The fourth-order valence-electron chi connectivity index (χ4n) is 5.32. The van der Waals surface area contributed by atoms with Crippen LogP contribution < -0.4 is 5.56 Å². The second-order valence-corrected chi connectivity index (χ2v) is 9.84. The molecule has 0 N–H and O–H groups in total. The third-order valence-electron chi connectivity index (χ3n) is 7.05. The van der Waals surface area contributed by atoms with E-state index in [-0.39, 0.29) is 5.56 Å². The van der Waals surface area contributed by atoms with Gasteiger partial charge in [0.1, 0.15) is 10.5 Å². The molecule has 1 aliphatic heterocycles. The Labute approximate surface area is 182 Å². The van der Waals surface area contributed by atoms with E-state index >= 15 is 0 Å². The fraction of sp³-hybridized carbons (Fsp3) is 0.520. The molecule has 0 spiro atoms. The van der Waals surface area contributed by atoms with Crippen molar-refractivity contribution < 1.29 is 0 Å². The van der Waals surface area contributed by atoms with E-state index in [0.29, 0.717) is 11.8 Å². The second kappa shape index (κ2) is 9.03. The van der Waals surface area contributed by atoms with Crippen LogP contribution in [-0.4, -0.2) is 34.1 Å². The first kappa shape index (κ1) is 20.0. The third-order valence-corrected chi connectivity index (χ3v) is 7.94. The number of nitrogens with zero attached hydrogens (tertiary/aromatic N) is 3. The monoisotopic (exact) mass is 421 g/mol. The summed E-state index contributed by atoms with van der Waals surface area (Å²) in [4.78, 5) is 20.9. The summed E-state index contributed by atoms with van der Waals surface area (Å²) in [5, 5.41) is 2.00. The van der Waals surface area contributed by atoms with Crippen LogP contribution in [0.25, 0.3) is 10.2 Å². The van der Waals surface area contributed by atoms with Gasteiger partial charge >= 0.3 is 0 Å². The van der Waals surface area contributed by atoms with Gasteiger partial charge in [0.2, 0.25) is 0 Å². The Morgan fingerprint density at radius 3 is 2.40 bits per heavy atom. The second-order valence-electron chi connectivity index (χ2n) is 8.92. The Bertz CT molecular complexity index is 1030. The zero-order valence-electron chi connectivity index (χ0n) is 17.6. The number of rotatable bonds is 5. The predicted octanol–water partition coefficient (Wildman–Crippen LogP) is 5.39. The van der Waals surface area contributed by atoms with Gasteiger partial charge in [-0.2, -0.15) is 0 Å². The first-order valence-corrected chi connectivity index (χ1v) is 12.4. The molecule has 1 saturated carbocycles. The molecule has 0 atom stereocenters. The molecule has 2 aliphatic rings. The van der Waals surface area contributed by atoms with Crippen LogP contribution in [0.5, 0.6) is 0 Å². The number of thiophene rings is 1. The molecule has 5 rings (SSSR count). The van der Waals surface area contributed by atoms with E-state index in [0.717, 1.165) is 42.0 Å². The molecule has 1 saturated heterocycles. The fourth-order valence-corrected chi connectivity index (χ4v) is 6.10. The van der Waals surface area contributed by atoms with E-state index in [2.05, 4.69) is 35.2 Å². The normalized spacial score (nSPS) is 23.1. The van der Waals surface area contributed by atoms with Crippen molar-refractivity contribution in [3.8, 4) is 0 Å². The van der Waals surface area contributed by atoms with Gasteiger partial charge in [0.15, 0.2) is 0 Å². The molecule has 3 aromatic rings. The van der Waals surface area contributed by atoms with Crippen molar-refractivity contribution in [2.75, 3.05) is 19.6 Å². The Kier molecular flexibility index (Phi) is 6.00. The summed E-state index contributed by atoms with van der Waals surface area (Å²) < 4.78 is 2.84. The van der Waals surface area contributed by atoms with Crippen molar-refractivity contribution in [1.29, 1.82) is 0 Å². The number of hydrogen-bond donors (Lipinski definition) is 0. The van der Waals surface area contributed by atoms with Gasteiger partial charge in [-0.1, -0.05) is 36.8 Å². The number of benzene rings is 1. The van der Waals surface area contributed by atoms with Gasteiger partial charge in [-0.3, -0.25) is 9.36 Å². The first-order valence-electron chi connectivity index (χ1n) is 11.5. The maximum atomic E-state index is 13.3. The minimum absolute atomic E-state index is 0.173. The molecular formula is C25H31N3OS. The van der Waals surface area contributed by atoms with Crippen molar-refractivity contribution in [3.63, 3.8) is 0 Å². The molecule has 5 heteroatoms. The lowest BCUT2D eigenvalue weighted by Gasteiger charge is -2.31. The Morgan fingerprint density at radius 1 is 0.900 bits per heavy atom. The zero-order chi connectivity index (χ0) is 20.3. The van der Waals surface area contributed by atoms with Crippen molar-refractivity contribution in [3.05, 3.63) is 63.5 Å². The highest BCUT2D eigenvalue weighted by Crippen LogP contribution is 2.40. The van der Waals surface area contributed by atoms with Crippen molar-refractivity contribution in [2.45, 2.75) is 63.3 Å². The van der Waals surface area contributed by atoms with Crippen molar-refractivity contribution >= 4 is 21.6 Å². The van der Waals surface area contributed by atoms with Crippen LogP contribution in [-0.2, 0) is 6.54 Å². The lowest BCUT2D eigenvalue weighted by molar-refractivity contribution is 0.217. The largest absolute Gasteiger partial charge is 0.302 e. The summed E-state index contributed by atoms with van der Waals surface area (Å²) in [6.07, 6.45) is 8.50. The van der Waals surface area contributed by atoms with Crippen LogP contribution in [0.15, 0.2) is 46.6 Å². The standard InChI is InChI=1S/C25H31N3OS/c29-25-23-22(13-18-30-23)26-24(28(25)17-16-27-14-5-2-6-15-27)21-11-9-20(10-12-21)19-7-3-1-4-8-19/h1,3-4,7-8,13,18,20-21H,2,5-6,9-12,14-17H2. The van der Waals surface area contributed by atoms with Gasteiger partial charge in [0.25, 0.3) is 5.56 Å². The highest BCUT2D eigenvalue weighted by Gasteiger charge is 2.27. The summed E-state index contributed by atoms with van der Waals surface area (Å²) in [6, 6.07) is 12.9. The average Bonchev–Trinajstić information content (AvgIpc) is 3.29. The Balaban J connectivity index is 1.38. The minimum atomic E-state index is 0.173. The number of piperidine rings is 1. The number of aromatic nitrogens is 2. The van der Waals surface area contributed by atoms with Gasteiger partial charge in [-0.25, -0.2) is 4.98 Å². The summed E-state index contributed by atoms with van der Waals surface area (Å²) in [6.45, 7) is 4.07. The van der Waals surface area contributed by atoms with Gasteiger partial charge in [-0.15, -0.1) is 11.3 Å². The third kappa shape index (κ3) is 4.10. The van der Waals surface area contributed by atoms with Gasteiger partial charge in [0.05, 0.1) is 5.52 Å². The summed E-state index contributed by atoms with van der Waals surface area (Å²) in [5.41, 5.74) is 2.52. The highest BCUT2D eigenvalue weighted by atomic mass is 32.1. The van der Waals surface area contributed by atoms with Crippen LogP contribution in [0.1, 0.15) is 68.2 Å². The molecule has 0 unspecified atom stereocenters. The Hall–Kier alpha value is -1.98. The molecule has 0 bridgehead atoms. The number of likely N-dealkylation sites (tertiary alicyclic amines) is 1. The predicted molar refractivity (Wildman–Crippen MR) is 125 cm³/mol. The first-order chi connectivity index (χ1) is 14.8. The smallest absolute Gasteiger partial charge is 0.271 e. The SMILES string of the molecule is O=c1c2sccc2nc(C2CCC(c3ccccc3)CC2)n1CCN1CCCCC1. The van der Waals surface area contributed by atoms with E-state index in [1.807, 2.05) is 16.0 Å². The van der Waals surface area contributed by atoms with E-state index in [4.69, 9.17) is 4.98 Å². The molecule has 2 fully saturated rings. The van der Waals surface area contributed by atoms with Gasteiger partial charge in [0, 0.05) is 19.0 Å². The molecule has 4 nitrogen and oxygen atoms in total. The van der Waals surface area contributed by atoms with E-state index in [1.165, 1.54) is 62.1 Å². The highest BCUT2D eigenvalue weighted by molar-refractivity contribution is 7.17. The van der Waals surface area contributed by atoms with Crippen LogP contribution in [0, 0.1) is 0 Å². The Morgan fingerprint density at radius 2 is 1.63 bits per heavy atom. The molecule has 1 aromatic carbocycles. The van der Waals surface area contributed by atoms with Crippen molar-refractivity contribution in [1.82, 2.24) is 14.5 Å². The minimum Gasteiger partial charge on any atom is -0.302 e. The summed E-state index contributed by atoms with van der Waals surface area (Å²) in [7, 11) is 0. The lowest BCUT2D eigenvalue weighted by Crippen LogP contribution is -2.36. The molecule has 0 radical (unpaired) electrons. The summed E-state index contributed by atoms with van der Waals surface area (Å²) >= 11 is 1.53. The summed E-state index contributed by atoms with van der Waals surface area (Å²) in [5.74, 6) is 2.07. The topological polar surface area (TPSA) is 38.1 Å². The maximum Gasteiger partial charge on any atom is 0.271 e. The lowest BCUT2D eigenvalue weighted by atomic mass is 9.78. The molecule has 3 heterocycles. The van der Waals surface area contributed by atoms with E-state index in [1.54, 1.807) is 0 Å². The number of hydrogen-bond acceptors (Lipinski definition) is 4. The number of fused-ring (bicyclic) bond motifs is 1. The average molecular weight is 422 g/mol. The van der Waals surface area contributed by atoms with Crippen LogP contribution in [0.4, 0.5) is 0 Å². The molecule has 158 valence electrons. The molecule has 30 heavy (non-hydrogen) atoms. The van der Waals surface area contributed by atoms with Crippen LogP contribution in [0.2, 0.25) is 0 Å². The van der Waals surface area contributed by atoms with E-state index in [9.17, 15) is 4.79 Å². The van der Waals surface area contributed by atoms with E-state index < -0.39 is 0 Å². The quantitative estimate of drug-likeness (QED) is 0.555. The molecule has 2 aromatic heterocycles. The zero-order valence-corrected chi connectivity index (χ0v) is 18.4. The maximum absolute atomic E-state index is 13.3. The molecular weight excluding hydrogens is 390 g/mol. The van der Waals surface area contributed by atoms with Crippen molar-refractivity contribution in [2.24, 2.45) is 0 Å².